The summed E-state index contributed by atoms with van der Waals surface area (Å²) >= 11 is 25.8. The van der Waals surface area contributed by atoms with E-state index in [-0.39, 0.29) is 86.0 Å². The minimum Gasteiger partial charge on any atom is -0.548 e. The van der Waals surface area contributed by atoms with Crippen LogP contribution in [0.4, 0.5) is 0 Å². The van der Waals surface area contributed by atoms with Crippen LogP contribution in [0.5, 0.6) is 0 Å². The van der Waals surface area contributed by atoms with Gasteiger partial charge in [-0.3, -0.25) is 14.4 Å². The Hall–Kier alpha value is -1.80. The summed E-state index contributed by atoms with van der Waals surface area (Å²) in [5.74, 6) is -2.10. The molecule has 3 N–H and O–H groups in total. The van der Waals surface area contributed by atoms with E-state index in [2.05, 4.69) is 91.7 Å². The van der Waals surface area contributed by atoms with Crippen LogP contribution in [0.25, 0.3) is 0 Å². The number of nitrogens with one attached hydrogen (secondary N) is 3. The van der Waals surface area contributed by atoms with E-state index in [0.717, 1.165) is 111 Å². The van der Waals surface area contributed by atoms with Crippen LogP contribution in [0.2, 0.25) is 0 Å². The molecule has 0 aliphatic carbocycles. The zero-order valence-electron chi connectivity index (χ0n) is 41.0. The number of hydrogen-bond donors (Lipinski definition) is 9. The Kier molecular flexibility index (Phi) is 45.8. The molecule has 3 amide bonds. The zero-order valence-corrected chi connectivity index (χ0v) is 51.4. The number of unbranched alkanes of at least 4 members (excludes halogenated alkanes) is 3. The predicted octanol–water partition coefficient (Wildman–Crippen LogP) is 1.93. The molecule has 3 unspecified atom stereocenters. The SMILES string of the molecule is O=C(CCCCC(S)CCS)N[C@@H](Cc1ccccc1)C(=O)[O-].O=C(CCCCC(S)CCS)N[C@@H](Cc1ccccc1)C(=O)[O-].O=C(CCCCC(S)CCS)N[C@@H](Cc1ccccc1)C(=O)[O-].[Na+].[Zn+2]. The number of thiol groups is 6. The fraction of sp³-hybridized carbons (Fsp3) is 0.529. The Morgan fingerprint density at radius 1 is 0.394 bits per heavy atom. The minimum absolute atomic E-state index is 0. The number of carboxylic acids is 3. The first-order valence-electron chi connectivity index (χ1n) is 23.6. The number of carbonyl (C=O) groups is 6. The number of carbonyl (C=O) groups excluding carboxylic acids is 6. The van der Waals surface area contributed by atoms with Crippen molar-refractivity contribution in [1.82, 2.24) is 16.0 Å². The molecular weight excluding hydrogens is 1080 g/mol. The van der Waals surface area contributed by atoms with Gasteiger partial charge in [0, 0.05) is 35.0 Å². The predicted molar refractivity (Wildman–Crippen MR) is 290 cm³/mol. The van der Waals surface area contributed by atoms with Gasteiger partial charge in [0.05, 0.1) is 36.0 Å². The molecule has 0 aliphatic heterocycles. The standard InChI is InChI=1S/3C17H25NO3S2.Na.Zn/c3*19-16(9-5-4-8-14(23)10-11-22)18-15(17(20)21)12-13-6-2-1-3-7-13;;/h3*1-3,6-7,14-15,22-23H,4-5,8-12H2,(H,18,19)(H,20,21);;/q;;;+1;+2/p-3/t3*14?,15-;;/m000../s1. The summed E-state index contributed by atoms with van der Waals surface area (Å²) in [6.45, 7) is 0. The Balaban J connectivity index is 0. The molecule has 0 heterocycles. The first kappa shape index (κ1) is 71.3. The Morgan fingerprint density at radius 2 is 0.620 bits per heavy atom. The van der Waals surface area contributed by atoms with Gasteiger partial charge in [-0.05, 0) is 111 Å². The van der Waals surface area contributed by atoms with Crippen LogP contribution in [0.15, 0.2) is 91.0 Å². The molecule has 3 aromatic rings. The van der Waals surface area contributed by atoms with Crippen molar-refractivity contribution in [3.63, 3.8) is 0 Å². The molecule has 12 nitrogen and oxygen atoms in total. The van der Waals surface area contributed by atoms with E-state index in [4.69, 9.17) is 0 Å². The van der Waals surface area contributed by atoms with Crippen LogP contribution in [0.1, 0.15) is 113 Å². The third-order valence-electron chi connectivity index (χ3n) is 10.7. The maximum Gasteiger partial charge on any atom is 2.00 e. The second-order valence-electron chi connectivity index (χ2n) is 16.6. The zero-order chi connectivity index (χ0) is 51.2. The summed E-state index contributed by atoms with van der Waals surface area (Å²) in [4.78, 5) is 69.2. The summed E-state index contributed by atoms with van der Waals surface area (Å²) in [6.07, 6.45) is 12.1. The van der Waals surface area contributed by atoms with Crippen molar-refractivity contribution in [3.05, 3.63) is 108 Å². The maximum atomic E-state index is 11.9. The number of hydrogen-bond acceptors (Lipinski definition) is 15. The first-order chi connectivity index (χ1) is 33.1. The van der Waals surface area contributed by atoms with Crippen LogP contribution in [-0.4, -0.2) is 86.8 Å². The van der Waals surface area contributed by atoms with Crippen molar-refractivity contribution >= 4 is 111 Å². The van der Waals surface area contributed by atoms with Gasteiger partial charge in [-0.15, -0.1) is 0 Å². The van der Waals surface area contributed by atoms with Crippen molar-refractivity contribution in [1.29, 1.82) is 0 Å². The van der Waals surface area contributed by atoms with Gasteiger partial charge in [-0.1, -0.05) is 110 Å². The number of aliphatic carboxylic acids is 3. The molecule has 0 aromatic heterocycles. The van der Waals surface area contributed by atoms with Gasteiger partial charge in [0.2, 0.25) is 17.7 Å². The van der Waals surface area contributed by atoms with Gasteiger partial charge in [-0.25, -0.2) is 0 Å². The number of amides is 3. The van der Waals surface area contributed by atoms with Gasteiger partial charge in [0.25, 0.3) is 0 Å². The molecule has 3 aromatic carbocycles. The van der Waals surface area contributed by atoms with Crippen molar-refractivity contribution in [3.8, 4) is 0 Å². The molecule has 0 aliphatic rings. The molecule has 71 heavy (non-hydrogen) atoms. The molecule has 0 saturated carbocycles. The number of benzene rings is 3. The molecule has 0 saturated heterocycles. The van der Waals surface area contributed by atoms with E-state index >= 15 is 0 Å². The van der Waals surface area contributed by atoms with E-state index in [1.807, 2.05) is 91.0 Å². The third-order valence-corrected chi connectivity index (χ3v) is 13.0. The van der Waals surface area contributed by atoms with Crippen LogP contribution in [-0.2, 0) is 67.5 Å². The van der Waals surface area contributed by atoms with Crippen LogP contribution < -0.4 is 60.8 Å². The molecule has 0 bridgehead atoms. The van der Waals surface area contributed by atoms with Crippen molar-refractivity contribution in [2.75, 3.05) is 17.3 Å². The van der Waals surface area contributed by atoms with Gasteiger partial charge in [0.15, 0.2) is 0 Å². The molecule has 0 radical (unpaired) electrons. The second kappa shape index (κ2) is 45.6. The van der Waals surface area contributed by atoms with Gasteiger partial charge >= 0.3 is 49.0 Å². The molecule has 0 fully saturated rings. The summed E-state index contributed by atoms with van der Waals surface area (Å²) in [7, 11) is 0. The summed E-state index contributed by atoms with van der Waals surface area (Å²) in [5.41, 5.74) is 2.56. The van der Waals surface area contributed by atoms with Crippen LogP contribution in [0.3, 0.4) is 0 Å². The molecule has 0 spiro atoms. The fourth-order valence-electron chi connectivity index (χ4n) is 6.81. The first-order valence-corrected chi connectivity index (χ1v) is 27.0. The van der Waals surface area contributed by atoms with E-state index in [1.165, 1.54) is 0 Å². The van der Waals surface area contributed by atoms with Gasteiger partial charge in [0.1, 0.15) is 0 Å². The molecule has 384 valence electrons. The normalized spacial score (nSPS) is 12.9. The monoisotopic (exact) mass is 1150 g/mol. The Bertz CT molecular complexity index is 1670. The Morgan fingerprint density at radius 3 is 0.817 bits per heavy atom. The smallest absolute Gasteiger partial charge is 0.548 e. The average Bonchev–Trinajstić information content (AvgIpc) is 3.31. The molecule has 20 heteroatoms. The number of carboxylic acid groups (broad SMARTS) is 3. The molecule has 6 atom stereocenters. The van der Waals surface area contributed by atoms with Gasteiger partial charge in [-0.2, -0.15) is 75.8 Å². The van der Waals surface area contributed by atoms with Gasteiger partial charge < -0.3 is 45.7 Å². The van der Waals surface area contributed by atoms with Crippen molar-refractivity contribution < 1.29 is 93.1 Å². The summed E-state index contributed by atoms with van der Waals surface area (Å²) < 4.78 is 0. The minimum atomic E-state index is -1.26. The van der Waals surface area contributed by atoms with E-state index in [0.29, 0.717) is 35.0 Å². The van der Waals surface area contributed by atoms with E-state index in [9.17, 15) is 44.1 Å². The van der Waals surface area contributed by atoms with Crippen LogP contribution in [0, 0.1) is 0 Å². The van der Waals surface area contributed by atoms with E-state index in [1.54, 1.807) is 0 Å². The topological polar surface area (TPSA) is 208 Å². The largest absolute Gasteiger partial charge is 2.00 e. The maximum absolute atomic E-state index is 11.9. The quantitative estimate of drug-likeness (QED) is 0.0248. The van der Waals surface area contributed by atoms with Crippen LogP contribution >= 0.6 is 75.8 Å². The Labute approximate surface area is 490 Å². The van der Waals surface area contributed by atoms with E-state index < -0.39 is 36.0 Å². The fourth-order valence-corrected chi connectivity index (χ4v) is 9.29. The summed E-state index contributed by atoms with van der Waals surface area (Å²) in [6, 6.07) is 24.6. The second-order valence-corrected chi connectivity index (χ2v) is 20.2. The van der Waals surface area contributed by atoms with Crippen molar-refractivity contribution in [2.45, 2.75) is 149 Å². The average molecular weight is 1150 g/mol. The van der Waals surface area contributed by atoms with Crippen molar-refractivity contribution in [2.24, 2.45) is 0 Å². The molecule has 3 rings (SSSR count). The number of rotatable bonds is 33. The summed E-state index contributed by atoms with van der Waals surface area (Å²) in [5, 5.41) is 42.1. The third kappa shape index (κ3) is 38.4. The molecular formula is C51H72N3NaO9S6Zn.